The molecule has 2 aliphatic rings. The lowest BCUT2D eigenvalue weighted by Gasteiger charge is -2.29. The summed E-state index contributed by atoms with van der Waals surface area (Å²) in [5.74, 6) is -0.314. The number of hydrogen-bond donors (Lipinski definition) is 0. The summed E-state index contributed by atoms with van der Waals surface area (Å²) in [5.41, 5.74) is 0. The average Bonchev–Trinajstić information content (AvgIpc) is 3.41. The molecule has 0 aromatic carbocycles. The molecule has 0 radical (unpaired) electrons. The molecular formula is C43H77NO2. The van der Waals surface area contributed by atoms with Gasteiger partial charge < -0.3 is 14.4 Å². The van der Waals surface area contributed by atoms with Crippen molar-refractivity contribution in [2.75, 3.05) is 20.1 Å². The molecule has 0 bridgehead atoms. The minimum Gasteiger partial charge on any atom is -0.344 e. The van der Waals surface area contributed by atoms with E-state index in [1.807, 2.05) is 0 Å². The summed E-state index contributed by atoms with van der Waals surface area (Å²) in [6.07, 6.45) is 53.8. The standard InChI is InChI=1S/C43H77NO2/c1-4-6-8-10-12-14-16-18-20-22-24-26-28-30-32-34-37-43(45-41-36-39-44(3)40-42(41)46-43)38-35-33-31-29-27-25-23-21-19-17-15-13-11-9-7-5-2/h12-15,18-21,41-42H,4-11,16-17,22-40H2,1-3H3. The third-order valence-corrected chi connectivity index (χ3v) is 9.95. The SMILES string of the molecule is CCCCCC=CCC=CCCCCCCCCC1(CCCCCCCCC=CCC=CCCCCC)OC2CCN(C)CC2O1. The molecule has 0 aliphatic carbocycles. The summed E-state index contributed by atoms with van der Waals surface area (Å²) < 4.78 is 13.6. The van der Waals surface area contributed by atoms with E-state index in [1.54, 1.807) is 0 Å². The van der Waals surface area contributed by atoms with Crippen LogP contribution in [0, 0.1) is 0 Å². The molecule has 0 N–H and O–H groups in total. The molecule has 2 aliphatic heterocycles. The van der Waals surface area contributed by atoms with E-state index in [2.05, 4.69) is 74.4 Å². The van der Waals surface area contributed by atoms with E-state index < -0.39 is 0 Å². The number of rotatable bonds is 30. The van der Waals surface area contributed by atoms with Crippen LogP contribution in [0.2, 0.25) is 0 Å². The summed E-state index contributed by atoms with van der Waals surface area (Å²) in [7, 11) is 2.23. The molecule has 2 atom stereocenters. The Kier molecular flexibility index (Phi) is 25.7. The van der Waals surface area contributed by atoms with Crippen molar-refractivity contribution in [3.8, 4) is 0 Å². The summed E-state index contributed by atoms with van der Waals surface area (Å²) >= 11 is 0. The van der Waals surface area contributed by atoms with Crippen molar-refractivity contribution in [3.05, 3.63) is 48.6 Å². The van der Waals surface area contributed by atoms with E-state index in [4.69, 9.17) is 9.47 Å². The van der Waals surface area contributed by atoms with Crippen LogP contribution < -0.4 is 0 Å². The van der Waals surface area contributed by atoms with Gasteiger partial charge in [-0.3, -0.25) is 0 Å². The smallest absolute Gasteiger partial charge is 0.169 e. The van der Waals surface area contributed by atoms with Crippen molar-refractivity contribution in [3.63, 3.8) is 0 Å². The molecule has 0 spiro atoms. The Morgan fingerprint density at radius 2 is 0.891 bits per heavy atom. The fourth-order valence-electron chi connectivity index (χ4n) is 7.00. The lowest BCUT2D eigenvalue weighted by Crippen LogP contribution is -2.43. The topological polar surface area (TPSA) is 21.7 Å². The van der Waals surface area contributed by atoms with E-state index in [1.165, 1.54) is 141 Å². The van der Waals surface area contributed by atoms with E-state index in [9.17, 15) is 0 Å². The van der Waals surface area contributed by atoms with Gasteiger partial charge >= 0.3 is 0 Å². The van der Waals surface area contributed by atoms with Gasteiger partial charge in [0, 0.05) is 25.9 Å². The van der Waals surface area contributed by atoms with Crippen molar-refractivity contribution < 1.29 is 9.47 Å². The molecule has 2 fully saturated rings. The zero-order chi connectivity index (χ0) is 32.8. The first-order valence-corrected chi connectivity index (χ1v) is 20.3. The first kappa shape index (κ1) is 41.0. The molecular weight excluding hydrogens is 562 g/mol. The molecule has 0 amide bonds. The van der Waals surface area contributed by atoms with Crippen LogP contribution in [0.1, 0.15) is 187 Å². The van der Waals surface area contributed by atoms with E-state index in [0.717, 1.165) is 45.2 Å². The maximum absolute atomic E-state index is 6.78. The number of likely N-dealkylation sites (N-methyl/N-ethyl adjacent to an activating group) is 1. The number of hydrogen-bond acceptors (Lipinski definition) is 3. The van der Waals surface area contributed by atoms with E-state index in [0.29, 0.717) is 6.10 Å². The van der Waals surface area contributed by atoms with Gasteiger partial charge in [-0.1, -0.05) is 140 Å². The Morgan fingerprint density at radius 3 is 1.35 bits per heavy atom. The van der Waals surface area contributed by atoms with Crippen molar-refractivity contribution in [1.29, 1.82) is 0 Å². The van der Waals surface area contributed by atoms with Crippen LogP contribution in [0.5, 0.6) is 0 Å². The quantitative estimate of drug-likeness (QED) is 0.0576. The number of unbranched alkanes of at least 4 members (excludes halogenated alkanes) is 18. The van der Waals surface area contributed by atoms with Gasteiger partial charge in [-0.2, -0.15) is 0 Å². The Labute approximate surface area is 287 Å². The molecule has 0 saturated carbocycles. The van der Waals surface area contributed by atoms with Gasteiger partial charge in [0.1, 0.15) is 0 Å². The van der Waals surface area contributed by atoms with Crippen LogP contribution in [-0.4, -0.2) is 43.0 Å². The monoisotopic (exact) mass is 640 g/mol. The van der Waals surface area contributed by atoms with Crippen molar-refractivity contribution in [1.82, 2.24) is 4.90 Å². The van der Waals surface area contributed by atoms with Gasteiger partial charge in [-0.25, -0.2) is 0 Å². The molecule has 3 heteroatoms. The van der Waals surface area contributed by atoms with Gasteiger partial charge in [0.05, 0.1) is 12.2 Å². The lowest BCUT2D eigenvalue weighted by molar-refractivity contribution is -0.185. The molecule has 266 valence electrons. The highest BCUT2D eigenvalue weighted by molar-refractivity contribution is 4.94. The predicted octanol–water partition coefficient (Wildman–Crippen LogP) is 13.2. The van der Waals surface area contributed by atoms with Gasteiger partial charge in [0.15, 0.2) is 5.79 Å². The highest BCUT2D eigenvalue weighted by Gasteiger charge is 2.48. The predicted molar refractivity (Wildman–Crippen MR) is 203 cm³/mol. The van der Waals surface area contributed by atoms with E-state index >= 15 is 0 Å². The third kappa shape index (κ3) is 20.9. The summed E-state index contributed by atoms with van der Waals surface area (Å²) in [6.45, 7) is 6.70. The Hall–Kier alpha value is -1.16. The van der Waals surface area contributed by atoms with Gasteiger partial charge in [-0.15, -0.1) is 0 Å². The third-order valence-electron chi connectivity index (χ3n) is 9.95. The van der Waals surface area contributed by atoms with Crippen LogP contribution in [0.15, 0.2) is 48.6 Å². The molecule has 2 heterocycles. The van der Waals surface area contributed by atoms with Crippen LogP contribution in [0.4, 0.5) is 0 Å². The normalized spacial score (nSPS) is 22.4. The fourth-order valence-corrected chi connectivity index (χ4v) is 7.00. The maximum atomic E-state index is 6.78. The van der Waals surface area contributed by atoms with Crippen molar-refractivity contribution in [2.24, 2.45) is 0 Å². The van der Waals surface area contributed by atoms with Gasteiger partial charge in [-0.05, 0) is 90.5 Å². The molecule has 0 aromatic heterocycles. The van der Waals surface area contributed by atoms with E-state index in [-0.39, 0.29) is 11.9 Å². The van der Waals surface area contributed by atoms with Crippen LogP contribution in [-0.2, 0) is 9.47 Å². The Balaban J connectivity index is 1.53. The van der Waals surface area contributed by atoms with Crippen LogP contribution in [0.3, 0.4) is 0 Å². The number of nitrogens with zero attached hydrogens (tertiary/aromatic N) is 1. The molecule has 46 heavy (non-hydrogen) atoms. The van der Waals surface area contributed by atoms with Crippen molar-refractivity contribution >= 4 is 0 Å². The zero-order valence-corrected chi connectivity index (χ0v) is 31.0. The molecule has 0 aromatic rings. The average molecular weight is 640 g/mol. The fraction of sp³-hybridized carbons (Fsp3) is 0.814. The minimum atomic E-state index is -0.314. The first-order chi connectivity index (χ1) is 22.7. The number of likely N-dealkylation sites (tertiary alicyclic amines) is 1. The number of fused-ring (bicyclic) bond motifs is 1. The number of ether oxygens (including phenoxy) is 2. The number of allylic oxidation sites excluding steroid dienone is 8. The largest absolute Gasteiger partial charge is 0.344 e. The first-order valence-electron chi connectivity index (χ1n) is 20.3. The highest BCUT2D eigenvalue weighted by Crippen LogP contribution is 2.40. The lowest BCUT2D eigenvalue weighted by atomic mass is 9.98. The van der Waals surface area contributed by atoms with Gasteiger partial charge in [0.2, 0.25) is 0 Å². The van der Waals surface area contributed by atoms with Crippen LogP contribution in [0.25, 0.3) is 0 Å². The molecule has 2 unspecified atom stereocenters. The molecule has 3 nitrogen and oxygen atoms in total. The summed E-state index contributed by atoms with van der Waals surface area (Å²) in [4.78, 5) is 2.42. The minimum absolute atomic E-state index is 0.271. The Bertz CT molecular complexity index is 751. The van der Waals surface area contributed by atoms with Gasteiger partial charge in [0.25, 0.3) is 0 Å². The number of piperidine rings is 1. The van der Waals surface area contributed by atoms with Crippen LogP contribution >= 0.6 is 0 Å². The molecule has 2 saturated heterocycles. The molecule has 2 rings (SSSR count). The second kappa shape index (κ2) is 28.8. The highest BCUT2D eigenvalue weighted by atomic mass is 16.8. The Morgan fingerprint density at radius 1 is 0.500 bits per heavy atom. The second-order valence-electron chi connectivity index (χ2n) is 14.4. The zero-order valence-electron chi connectivity index (χ0n) is 31.0. The summed E-state index contributed by atoms with van der Waals surface area (Å²) in [6, 6.07) is 0. The second-order valence-corrected chi connectivity index (χ2v) is 14.4. The summed E-state index contributed by atoms with van der Waals surface area (Å²) in [5, 5.41) is 0. The van der Waals surface area contributed by atoms with Crippen molar-refractivity contribution in [2.45, 2.75) is 205 Å². The maximum Gasteiger partial charge on any atom is 0.169 e.